The van der Waals surface area contributed by atoms with E-state index in [0.29, 0.717) is 0 Å². The van der Waals surface area contributed by atoms with Crippen LogP contribution >= 0.6 is 27.3 Å². The molecule has 3 nitrogen and oxygen atoms in total. The number of rotatable bonds is 3. The van der Waals surface area contributed by atoms with Crippen molar-refractivity contribution in [2.75, 3.05) is 5.32 Å². The first kappa shape index (κ1) is 10.6. The van der Waals surface area contributed by atoms with Gasteiger partial charge in [0.15, 0.2) is 0 Å². The fourth-order valence-electron chi connectivity index (χ4n) is 1.19. The van der Waals surface area contributed by atoms with Gasteiger partial charge in [-0.1, -0.05) is 0 Å². The number of halogens is 1. The number of nitrogens with zero attached hydrogens (tertiary/aromatic N) is 2. The van der Waals surface area contributed by atoms with Crippen molar-refractivity contribution in [3.8, 4) is 0 Å². The molecule has 78 valence electrons. The molecule has 0 saturated carbocycles. The minimum absolute atomic E-state index is 0.800. The van der Waals surface area contributed by atoms with Gasteiger partial charge in [-0.2, -0.15) is 0 Å². The molecule has 0 fully saturated rings. The summed E-state index contributed by atoms with van der Waals surface area (Å²) in [4.78, 5) is 9.45. The summed E-state index contributed by atoms with van der Waals surface area (Å²) < 4.78 is 0.978. The zero-order chi connectivity index (χ0) is 10.7. The number of aryl methyl sites for hydroxylation is 1. The van der Waals surface area contributed by atoms with E-state index in [1.165, 1.54) is 4.88 Å². The van der Waals surface area contributed by atoms with Crippen LogP contribution in [0.5, 0.6) is 0 Å². The molecule has 2 rings (SSSR count). The molecule has 0 spiro atoms. The van der Waals surface area contributed by atoms with E-state index in [0.717, 1.165) is 21.7 Å². The van der Waals surface area contributed by atoms with Gasteiger partial charge in [0.2, 0.25) is 0 Å². The standard InChI is InChI=1S/C10H10BrN3S/c1-7-13-4-8(15-7)5-14-10-2-3-12-6-9(10)11/h2-4,6H,5H2,1H3,(H,12,14). The summed E-state index contributed by atoms with van der Waals surface area (Å²) in [5.41, 5.74) is 1.05. The molecule has 2 heterocycles. The molecule has 0 aliphatic rings. The topological polar surface area (TPSA) is 37.8 Å². The van der Waals surface area contributed by atoms with Crippen LogP contribution in [-0.2, 0) is 6.54 Å². The second-order valence-electron chi connectivity index (χ2n) is 3.05. The highest BCUT2D eigenvalue weighted by molar-refractivity contribution is 9.10. The Morgan fingerprint density at radius 2 is 2.33 bits per heavy atom. The Hall–Kier alpha value is -0.940. The maximum Gasteiger partial charge on any atom is 0.0897 e. The molecule has 15 heavy (non-hydrogen) atoms. The average molecular weight is 284 g/mol. The van der Waals surface area contributed by atoms with Crippen LogP contribution in [0.1, 0.15) is 9.88 Å². The maximum atomic E-state index is 4.21. The van der Waals surface area contributed by atoms with E-state index in [2.05, 4.69) is 31.2 Å². The number of hydrogen-bond acceptors (Lipinski definition) is 4. The van der Waals surface area contributed by atoms with Gasteiger partial charge in [0.25, 0.3) is 0 Å². The lowest BCUT2D eigenvalue weighted by molar-refractivity contribution is 1.15. The first-order valence-electron chi connectivity index (χ1n) is 4.50. The van der Waals surface area contributed by atoms with Gasteiger partial charge in [-0.3, -0.25) is 4.98 Å². The zero-order valence-electron chi connectivity index (χ0n) is 8.20. The normalized spacial score (nSPS) is 10.3. The average Bonchev–Trinajstić information content (AvgIpc) is 2.63. The molecular weight excluding hydrogens is 274 g/mol. The largest absolute Gasteiger partial charge is 0.379 e. The number of aromatic nitrogens is 2. The highest BCUT2D eigenvalue weighted by atomic mass is 79.9. The Morgan fingerprint density at radius 3 is 3.00 bits per heavy atom. The lowest BCUT2D eigenvalue weighted by Crippen LogP contribution is -1.98. The second kappa shape index (κ2) is 4.72. The van der Waals surface area contributed by atoms with Crippen LogP contribution in [0.2, 0.25) is 0 Å². The molecule has 0 atom stereocenters. The van der Waals surface area contributed by atoms with Gasteiger partial charge in [0.05, 0.1) is 21.7 Å². The van der Waals surface area contributed by atoms with Crippen molar-refractivity contribution in [1.82, 2.24) is 9.97 Å². The Kier molecular flexibility index (Phi) is 3.33. The lowest BCUT2D eigenvalue weighted by Gasteiger charge is -2.05. The second-order valence-corrected chi connectivity index (χ2v) is 5.23. The monoisotopic (exact) mass is 283 g/mol. The third kappa shape index (κ3) is 2.76. The van der Waals surface area contributed by atoms with Crippen LogP contribution in [0, 0.1) is 6.92 Å². The summed E-state index contributed by atoms with van der Waals surface area (Å²) in [6, 6.07) is 1.94. The van der Waals surface area contributed by atoms with E-state index in [4.69, 9.17) is 0 Å². The van der Waals surface area contributed by atoms with Crippen molar-refractivity contribution < 1.29 is 0 Å². The van der Waals surface area contributed by atoms with Crippen molar-refractivity contribution >= 4 is 33.0 Å². The summed E-state index contributed by atoms with van der Waals surface area (Å²) in [6.07, 6.45) is 5.45. The summed E-state index contributed by atoms with van der Waals surface area (Å²) in [5.74, 6) is 0. The molecular formula is C10H10BrN3S. The Balaban J connectivity index is 2.02. The van der Waals surface area contributed by atoms with Crippen LogP contribution in [0.25, 0.3) is 0 Å². The minimum atomic E-state index is 0.800. The van der Waals surface area contributed by atoms with E-state index in [1.807, 2.05) is 19.2 Å². The lowest BCUT2D eigenvalue weighted by atomic mass is 10.4. The molecule has 1 N–H and O–H groups in total. The van der Waals surface area contributed by atoms with Crippen LogP contribution in [0.3, 0.4) is 0 Å². The van der Waals surface area contributed by atoms with Gasteiger partial charge in [-0.25, -0.2) is 4.98 Å². The Bertz CT molecular complexity index is 455. The maximum absolute atomic E-state index is 4.21. The molecule has 2 aromatic heterocycles. The number of pyridine rings is 1. The van der Waals surface area contributed by atoms with Crippen LogP contribution in [0.4, 0.5) is 5.69 Å². The predicted molar refractivity (Wildman–Crippen MR) is 66.1 cm³/mol. The molecule has 5 heteroatoms. The van der Waals surface area contributed by atoms with Crippen molar-refractivity contribution in [3.63, 3.8) is 0 Å². The van der Waals surface area contributed by atoms with Gasteiger partial charge in [0, 0.05) is 23.5 Å². The number of nitrogens with one attached hydrogen (secondary N) is 1. The smallest absolute Gasteiger partial charge is 0.0897 e. The van der Waals surface area contributed by atoms with Crippen LogP contribution in [-0.4, -0.2) is 9.97 Å². The van der Waals surface area contributed by atoms with Gasteiger partial charge in [0.1, 0.15) is 0 Å². The summed E-state index contributed by atoms with van der Waals surface area (Å²) >= 11 is 5.15. The Morgan fingerprint density at radius 1 is 1.47 bits per heavy atom. The minimum Gasteiger partial charge on any atom is -0.379 e. The quantitative estimate of drug-likeness (QED) is 0.940. The highest BCUT2D eigenvalue weighted by Crippen LogP contribution is 2.21. The molecule has 0 aromatic carbocycles. The van der Waals surface area contributed by atoms with Crippen molar-refractivity contribution in [3.05, 3.63) is 39.0 Å². The van der Waals surface area contributed by atoms with Crippen molar-refractivity contribution in [1.29, 1.82) is 0 Å². The summed E-state index contributed by atoms with van der Waals surface area (Å²) in [7, 11) is 0. The van der Waals surface area contributed by atoms with E-state index in [-0.39, 0.29) is 0 Å². The SMILES string of the molecule is Cc1ncc(CNc2ccncc2Br)s1. The third-order valence-corrected chi connectivity index (χ3v) is 3.44. The molecule has 0 bridgehead atoms. The highest BCUT2D eigenvalue weighted by Gasteiger charge is 2.00. The first-order chi connectivity index (χ1) is 7.25. The molecule has 0 amide bonds. The molecule has 0 saturated heterocycles. The summed E-state index contributed by atoms with van der Waals surface area (Å²) in [5, 5.41) is 4.42. The van der Waals surface area contributed by atoms with E-state index in [1.54, 1.807) is 23.7 Å². The third-order valence-electron chi connectivity index (χ3n) is 1.89. The van der Waals surface area contributed by atoms with Gasteiger partial charge >= 0.3 is 0 Å². The van der Waals surface area contributed by atoms with Crippen molar-refractivity contribution in [2.24, 2.45) is 0 Å². The van der Waals surface area contributed by atoms with E-state index in [9.17, 15) is 0 Å². The molecule has 0 radical (unpaired) electrons. The number of thiazole rings is 1. The Labute approximate surface area is 101 Å². The van der Waals surface area contributed by atoms with Crippen molar-refractivity contribution in [2.45, 2.75) is 13.5 Å². The zero-order valence-corrected chi connectivity index (χ0v) is 10.6. The fourth-order valence-corrected chi connectivity index (χ4v) is 2.31. The number of hydrogen-bond donors (Lipinski definition) is 1. The van der Waals surface area contributed by atoms with Crippen LogP contribution in [0.15, 0.2) is 29.1 Å². The molecule has 0 unspecified atom stereocenters. The van der Waals surface area contributed by atoms with Gasteiger partial charge < -0.3 is 5.32 Å². The predicted octanol–water partition coefficient (Wildman–Crippen LogP) is 3.22. The molecule has 2 aromatic rings. The van der Waals surface area contributed by atoms with Crippen LogP contribution < -0.4 is 5.32 Å². The molecule has 0 aliphatic carbocycles. The van der Waals surface area contributed by atoms with Gasteiger partial charge in [-0.15, -0.1) is 11.3 Å². The van der Waals surface area contributed by atoms with E-state index < -0.39 is 0 Å². The fraction of sp³-hybridized carbons (Fsp3) is 0.200. The molecule has 0 aliphatic heterocycles. The van der Waals surface area contributed by atoms with E-state index >= 15 is 0 Å². The number of anilines is 1. The summed E-state index contributed by atoms with van der Waals surface area (Å²) in [6.45, 7) is 2.81. The van der Waals surface area contributed by atoms with Gasteiger partial charge in [-0.05, 0) is 28.9 Å². The first-order valence-corrected chi connectivity index (χ1v) is 6.11.